The van der Waals surface area contributed by atoms with Crippen LogP contribution < -0.4 is 0 Å². The lowest BCUT2D eigenvalue weighted by Crippen LogP contribution is -2.25. The van der Waals surface area contributed by atoms with Gasteiger partial charge in [-0.2, -0.15) is 0 Å². The monoisotopic (exact) mass is 196 g/mol. The Balaban J connectivity index is 2.68. The first-order valence-electron chi connectivity index (χ1n) is 4.59. The van der Waals surface area contributed by atoms with E-state index in [-0.39, 0.29) is 18.6 Å². The van der Waals surface area contributed by atoms with Crippen LogP contribution in [-0.2, 0) is 9.47 Å². The van der Waals surface area contributed by atoms with E-state index in [1.807, 2.05) is 13.0 Å². The van der Waals surface area contributed by atoms with Gasteiger partial charge in [0.1, 0.15) is 26.9 Å². The van der Waals surface area contributed by atoms with Gasteiger partial charge in [-0.3, -0.25) is 0 Å². The third-order valence-corrected chi connectivity index (χ3v) is 2.23. The topological polar surface area (TPSA) is 18.5 Å². The van der Waals surface area contributed by atoms with E-state index in [9.17, 15) is 4.39 Å². The van der Waals surface area contributed by atoms with Crippen LogP contribution in [0.25, 0.3) is 0 Å². The molecule has 1 rings (SSSR count). The first-order chi connectivity index (χ1) is 6.69. The SMILES string of the molecule is [B]C1=CC(OC)C(C)C(OCCF)=C1. The van der Waals surface area contributed by atoms with Crippen LogP contribution in [-0.4, -0.2) is 34.3 Å². The summed E-state index contributed by atoms with van der Waals surface area (Å²) >= 11 is 0. The van der Waals surface area contributed by atoms with E-state index in [0.717, 1.165) is 0 Å². The Labute approximate surface area is 85.2 Å². The summed E-state index contributed by atoms with van der Waals surface area (Å²) in [5.41, 5.74) is 0.601. The Morgan fingerprint density at radius 3 is 2.86 bits per heavy atom. The molecule has 0 amide bonds. The minimum absolute atomic E-state index is 0.0693. The second-order valence-electron chi connectivity index (χ2n) is 3.24. The van der Waals surface area contributed by atoms with Crippen LogP contribution in [0.2, 0.25) is 0 Å². The van der Waals surface area contributed by atoms with Gasteiger partial charge in [-0.15, -0.1) is 0 Å². The molecule has 0 spiro atoms. The van der Waals surface area contributed by atoms with Crippen molar-refractivity contribution >= 4 is 7.85 Å². The standard InChI is InChI=1S/C10H14BFO2/c1-7-9(13-2)5-8(11)6-10(7)14-4-3-12/h5-7,9H,3-4H2,1-2H3. The van der Waals surface area contributed by atoms with E-state index in [1.54, 1.807) is 13.2 Å². The highest BCUT2D eigenvalue weighted by Crippen LogP contribution is 2.25. The van der Waals surface area contributed by atoms with Crippen molar-refractivity contribution in [2.45, 2.75) is 13.0 Å². The predicted octanol–water partition coefficient (Wildman–Crippen LogP) is 1.57. The van der Waals surface area contributed by atoms with Crippen LogP contribution in [0.5, 0.6) is 0 Å². The minimum atomic E-state index is -0.495. The molecule has 0 aromatic heterocycles. The van der Waals surface area contributed by atoms with Crippen molar-refractivity contribution in [2.75, 3.05) is 20.4 Å². The lowest BCUT2D eigenvalue weighted by atomic mass is 9.84. The highest BCUT2D eigenvalue weighted by Gasteiger charge is 2.23. The fraction of sp³-hybridized carbons (Fsp3) is 0.600. The van der Waals surface area contributed by atoms with Gasteiger partial charge in [-0.05, 0) is 6.08 Å². The van der Waals surface area contributed by atoms with Crippen LogP contribution >= 0.6 is 0 Å². The summed E-state index contributed by atoms with van der Waals surface area (Å²) in [5, 5.41) is 0. The van der Waals surface area contributed by atoms with E-state index >= 15 is 0 Å². The van der Waals surface area contributed by atoms with Crippen LogP contribution in [0.1, 0.15) is 6.92 Å². The molecule has 1 aliphatic carbocycles. The molecule has 2 unspecified atom stereocenters. The van der Waals surface area contributed by atoms with Gasteiger partial charge >= 0.3 is 0 Å². The molecule has 2 radical (unpaired) electrons. The fourth-order valence-corrected chi connectivity index (χ4v) is 1.44. The zero-order valence-corrected chi connectivity index (χ0v) is 8.50. The van der Waals surface area contributed by atoms with Gasteiger partial charge in [0.15, 0.2) is 0 Å². The maximum absolute atomic E-state index is 11.9. The second kappa shape index (κ2) is 5.20. The first kappa shape index (κ1) is 11.3. The third-order valence-electron chi connectivity index (χ3n) is 2.23. The number of alkyl halides is 1. The van der Waals surface area contributed by atoms with Gasteiger partial charge < -0.3 is 9.47 Å². The number of rotatable bonds is 4. The molecule has 1 aliphatic rings. The van der Waals surface area contributed by atoms with Crippen molar-refractivity contribution in [3.63, 3.8) is 0 Å². The molecule has 14 heavy (non-hydrogen) atoms. The quantitative estimate of drug-likeness (QED) is 0.635. The van der Waals surface area contributed by atoms with Crippen molar-refractivity contribution in [3.05, 3.63) is 23.4 Å². The number of hydrogen-bond donors (Lipinski definition) is 0. The Morgan fingerprint density at radius 1 is 1.57 bits per heavy atom. The molecule has 0 fully saturated rings. The number of ether oxygens (including phenoxy) is 2. The summed E-state index contributed by atoms with van der Waals surface area (Å²) < 4.78 is 22.4. The molecule has 0 aromatic carbocycles. The molecule has 0 bridgehead atoms. The van der Waals surface area contributed by atoms with Crippen molar-refractivity contribution in [2.24, 2.45) is 5.92 Å². The van der Waals surface area contributed by atoms with Gasteiger partial charge in [0.25, 0.3) is 0 Å². The Hall–Kier alpha value is -0.765. The molecule has 0 aromatic rings. The molecule has 0 N–H and O–H groups in total. The largest absolute Gasteiger partial charge is 0.495 e. The molecule has 0 saturated carbocycles. The summed E-state index contributed by atoms with van der Waals surface area (Å²) in [6.45, 7) is 1.53. The molecular weight excluding hydrogens is 182 g/mol. The maximum atomic E-state index is 11.9. The maximum Gasteiger partial charge on any atom is 0.123 e. The van der Waals surface area contributed by atoms with E-state index < -0.39 is 6.67 Å². The van der Waals surface area contributed by atoms with Crippen molar-refractivity contribution < 1.29 is 13.9 Å². The van der Waals surface area contributed by atoms with E-state index in [0.29, 0.717) is 11.2 Å². The normalized spacial score (nSPS) is 26.8. The number of halogens is 1. The number of allylic oxidation sites excluding steroid dienone is 2. The molecule has 2 nitrogen and oxygen atoms in total. The van der Waals surface area contributed by atoms with Crippen LogP contribution in [0, 0.1) is 5.92 Å². The highest BCUT2D eigenvalue weighted by atomic mass is 19.1. The fourth-order valence-electron chi connectivity index (χ4n) is 1.44. The molecule has 4 heteroatoms. The summed E-state index contributed by atoms with van der Waals surface area (Å²) in [6.07, 6.45) is 3.46. The van der Waals surface area contributed by atoms with Crippen LogP contribution in [0.4, 0.5) is 4.39 Å². The smallest absolute Gasteiger partial charge is 0.123 e. The molecular formula is C10H14BFO2. The first-order valence-corrected chi connectivity index (χ1v) is 4.59. The molecule has 0 heterocycles. The third kappa shape index (κ3) is 2.61. The zero-order chi connectivity index (χ0) is 10.6. The lowest BCUT2D eigenvalue weighted by Gasteiger charge is -2.26. The lowest BCUT2D eigenvalue weighted by molar-refractivity contribution is 0.0683. The summed E-state index contributed by atoms with van der Waals surface area (Å²) in [4.78, 5) is 0. The predicted molar refractivity (Wildman–Crippen MR) is 53.8 cm³/mol. The van der Waals surface area contributed by atoms with Gasteiger partial charge in [-0.1, -0.05) is 18.5 Å². The van der Waals surface area contributed by atoms with E-state index in [2.05, 4.69) is 0 Å². The summed E-state index contributed by atoms with van der Waals surface area (Å²) in [6, 6.07) is 0. The minimum Gasteiger partial charge on any atom is -0.495 e. The molecule has 76 valence electrons. The van der Waals surface area contributed by atoms with Gasteiger partial charge in [0.05, 0.1) is 6.10 Å². The number of hydrogen-bond acceptors (Lipinski definition) is 2. The second-order valence-corrected chi connectivity index (χ2v) is 3.24. The summed E-state index contributed by atoms with van der Waals surface area (Å²) in [5.74, 6) is 0.772. The average Bonchev–Trinajstić information content (AvgIpc) is 2.18. The molecule has 0 aliphatic heterocycles. The van der Waals surface area contributed by atoms with Gasteiger partial charge in [0.2, 0.25) is 0 Å². The van der Waals surface area contributed by atoms with Crippen molar-refractivity contribution in [1.29, 1.82) is 0 Å². The van der Waals surface area contributed by atoms with Crippen LogP contribution in [0.3, 0.4) is 0 Å². The highest BCUT2D eigenvalue weighted by molar-refractivity contribution is 6.23. The Morgan fingerprint density at radius 2 is 2.29 bits per heavy atom. The summed E-state index contributed by atoms with van der Waals surface area (Å²) in [7, 11) is 7.27. The van der Waals surface area contributed by atoms with E-state index in [4.69, 9.17) is 17.3 Å². The van der Waals surface area contributed by atoms with Crippen LogP contribution in [0.15, 0.2) is 23.4 Å². The van der Waals surface area contributed by atoms with Gasteiger partial charge in [0, 0.05) is 13.0 Å². The Kier molecular flexibility index (Phi) is 4.20. The number of methoxy groups -OCH3 is 1. The van der Waals surface area contributed by atoms with E-state index in [1.165, 1.54) is 0 Å². The Bertz CT molecular complexity index is 251. The van der Waals surface area contributed by atoms with Gasteiger partial charge in [-0.25, -0.2) is 4.39 Å². The van der Waals surface area contributed by atoms with Crippen molar-refractivity contribution in [3.8, 4) is 0 Å². The zero-order valence-electron chi connectivity index (χ0n) is 8.50. The average molecular weight is 196 g/mol. The molecule has 2 atom stereocenters. The van der Waals surface area contributed by atoms with Crippen molar-refractivity contribution in [1.82, 2.24) is 0 Å². The molecule has 0 saturated heterocycles.